The highest BCUT2D eigenvalue weighted by atomic mass is 16.3. The molecule has 0 aliphatic heterocycles. The lowest BCUT2D eigenvalue weighted by Gasteiger charge is -2.20. The molecule has 82 valence electrons. The van der Waals surface area contributed by atoms with Crippen LogP contribution in [0.4, 0.5) is 0 Å². The van der Waals surface area contributed by atoms with Crippen LogP contribution in [0.5, 0.6) is 5.75 Å². The summed E-state index contributed by atoms with van der Waals surface area (Å²) < 4.78 is 0. The van der Waals surface area contributed by atoms with Crippen molar-refractivity contribution in [1.82, 2.24) is 0 Å². The molecule has 1 rings (SSSR count). The first-order valence-electron chi connectivity index (χ1n) is 5.06. The molecule has 0 atom stereocenters. The number of aliphatic hydroxyl groups is 1. The molecule has 15 heavy (non-hydrogen) atoms. The molecule has 1 aromatic carbocycles. The van der Waals surface area contributed by atoms with Gasteiger partial charge in [0.15, 0.2) is 0 Å². The summed E-state index contributed by atoms with van der Waals surface area (Å²) in [7, 11) is 0. The number of benzene rings is 1. The minimum Gasteiger partial charge on any atom is -0.508 e. The zero-order valence-corrected chi connectivity index (χ0v) is 9.49. The third-order valence-corrected chi connectivity index (χ3v) is 2.24. The summed E-state index contributed by atoms with van der Waals surface area (Å²) in [6.07, 6.45) is 3.52. The first kappa shape index (κ1) is 11.8. The van der Waals surface area contributed by atoms with E-state index in [0.29, 0.717) is 5.75 Å². The minimum atomic E-state index is -0.0762. The highest BCUT2D eigenvalue weighted by Crippen LogP contribution is 2.31. The Balaban J connectivity index is 3.11. The van der Waals surface area contributed by atoms with Crippen LogP contribution in [-0.2, 0) is 5.41 Å². The van der Waals surface area contributed by atoms with Crippen molar-refractivity contribution in [2.45, 2.75) is 26.2 Å². The highest BCUT2D eigenvalue weighted by molar-refractivity contribution is 5.54. The van der Waals surface area contributed by atoms with E-state index in [2.05, 4.69) is 20.8 Å². The van der Waals surface area contributed by atoms with E-state index in [4.69, 9.17) is 5.11 Å². The number of aliphatic hydroxyl groups excluding tert-OH is 1. The molecule has 2 heteroatoms. The molecular weight excluding hydrogens is 188 g/mol. The Morgan fingerprint density at radius 1 is 1.27 bits per heavy atom. The lowest BCUT2D eigenvalue weighted by Crippen LogP contribution is -2.11. The van der Waals surface area contributed by atoms with Crippen LogP contribution < -0.4 is 0 Å². The second-order valence-electron chi connectivity index (χ2n) is 4.61. The summed E-state index contributed by atoms with van der Waals surface area (Å²) in [4.78, 5) is 0. The van der Waals surface area contributed by atoms with Crippen LogP contribution in [-0.4, -0.2) is 16.8 Å². The van der Waals surface area contributed by atoms with Gasteiger partial charge in [0.05, 0.1) is 6.61 Å². The Bertz CT molecular complexity index is 359. The molecule has 0 radical (unpaired) electrons. The summed E-state index contributed by atoms with van der Waals surface area (Å²) in [6.45, 7) is 6.20. The molecule has 0 spiro atoms. The van der Waals surface area contributed by atoms with Gasteiger partial charge in [-0.05, 0) is 28.7 Å². The largest absolute Gasteiger partial charge is 0.508 e. The molecule has 0 fully saturated rings. The van der Waals surface area contributed by atoms with Crippen molar-refractivity contribution >= 4 is 6.08 Å². The van der Waals surface area contributed by atoms with Gasteiger partial charge in [0.2, 0.25) is 0 Å². The molecule has 2 N–H and O–H groups in total. The van der Waals surface area contributed by atoms with Crippen LogP contribution in [0.2, 0.25) is 0 Å². The van der Waals surface area contributed by atoms with Crippen molar-refractivity contribution in [1.29, 1.82) is 0 Å². The standard InChI is InChI=1S/C13H18O2/c1-13(2,3)11-9-10(5-4-8-14)6-7-12(11)15/h4-7,9,14-15H,8H2,1-3H3. The van der Waals surface area contributed by atoms with Gasteiger partial charge in [0, 0.05) is 0 Å². The van der Waals surface area contributed by atoms with Crippen LogP contribution in [0.25, 0.3) is 6.08 Å². The molecule has 0 saturated carbocycles. The summed E-state index contributed by atoms with van der Waals surface area (Å²) in [5.74, 6) is 0.323. The van der Waals surface area contributed by atoms with Crippen molar-refractivity contribution in [2.24, 2.45) is 0 Å². The molecule has 2 nitrogen and oxygen atoms in total. The number of hydrogen-bond acceptors (Lipinski definition) is 2. The molecule has 0 aliphatic carbocycles. The predicted molar refractivity (Wildman–Crippen MR) is 62.9 cm³/mol. The first-order chi connectivity index (χ1) is 6.95. The first-order valence-corrected chi connectivity index (χ1v) is 5.06. The lowest BCUT2D eigenvalue weighted by atomic mass is 9.85. The van der Waals surface area contributed by atoms with Gasteiger partial charge >= 0.3 is 0 Å². The minimum absolute atomic E-state index is 0.0335. The number of hydrogen-bond donors (Lipinski definition) is 2. The van der Waals surface area contributed by atoms with Gasteiger partial charge in [0.1, 0.15) is 5.75 Å². The van der Waals surface area contributed by atoms with E-state index < -0.39 is 0 Å². The summed E-state index contributed by atoms with van der Waals surface area (Å²) in [5, 5.41) is 18.4. The fourth-order valence-electron chi connectivity index (χ4n) is 1.45. The van der Waals surface area contributed by atoms with Crippen molar-refractivity contribution in [2.75, 3.05) is 6.61 Å². The van der Waals surface area contributed by atoms with Crippen LogP contribution in [0, 0.1) is 0 Å². The Labute approximate surface area is 90.9 Å². The fraction of sp³-hybridized carbons (Fsp3) is 0.385. The predicted octanol–water partition coefficient (Wildman–Crippen LogP) is 2.70. The van der Waals surface area contributed by atoms with Crippen LogP contribution in [0.15, 0.2) is 24.3 Å². The molecule has 0 aromatic heterocycles. The van der Waals surface area contributed by atoms with Crippen molar-refractivity contribution in [3.63, 3.8) is 0 Å². The van der Waals surface area contributed by atoms with E-state index in [1.165, 1.54) is 0 Å². The van der Waals surface area contributed by atoms with Gasteiger partial charge in [-0.1, -0.05) is 39.0 Å². The van der Waals surface area contributed by atoms with Gasteiger partial charge < -0.3 is 10.2 Å². The van der Waals surface area contributed by atoms with Crippen molar-refractivity contribution < 1.29 is 10.2 Å². The van der Waals surface area contributed by atoms with E-state index in [9.17, 15) is 5.11 Å². The zero-order chi connectivity index (χ0) is 11.5. The normalized spacial score (nSPS) is 12.3. The molecule has 1 aromatic rings. The average molecular weight is 206 g/mol. The van der Waals surface area contributed by atoms with E-state index >= 15 is 0 Å². The van der Waals surface area contributed by atoms with Gasteiger partial charge in [-0.25, -0.2) is 0 Å². The number of phenols is 1. The molecule has 0 unspecified atom stereocenters. The SMILES string of the molecule is CC(C)(C)c1cc(C=CCO)ccc1O. The van der Waals surface area contributed by atoms with Crippen LogP contribution in [0.3, 0.4) is 0 Å². The molecule has 0 amide bonds. The van der Waals surface area contributed by atoms with E-state index in [-0.39, 0.29) is 12.0 Å². The summed E-state index contributed by atoms with van der Waals surface area (Å²) in [5.41, 5.74) is 1.84. The maximum absolute atomic E-state index is 9.72. The van der Waals surface area contributed by atoms with Gasteiger partial charge in [0.25, 0.3) is 0 Å². The third-order valence-electron chi connectivity index (χ3n) is 2.24. The molecule has 0 aliphatic rings. The maximum Gasteiger partial charge on any atom is 0.119 e. The fourth-order valence-corrected chi connectivity index (χ4v) is 1.45. The lowest BCUT2D eigenvalue weighted by molar-refractivity contribution is 0.343. The number of aromatic hydroxyl groups is 1. The van der Waals surface area contributed by atoms with Crippen molar-refractivity contribution in [3.8, 4) is 5.75 Å². The summed E-state index contributed by atoms with van der Waals surface area (Å²) >= 11 is 0. The molecule has 0 bridgehead atoms. The second-order valence-corrected chi connectivity index (χ2v) is 4.61. The van der Waals surface area contributed by atoms with Crippen LogP contribution in [0.1, 0.15) is 31.9 Å². The van der Waals surface area contributed by atoms with Gasteiger partial charge in [-0.3, -0.25) is 0 Å². The number of phenolic OH excluding ortho intramolecular Hbond substituents is 1. The smallest absolute Gasteiger partial charge is 0.119 e. The third kappa shape index (κ3) is 3.10. The maximum atomic E-state index is 9.72. The Hall–Kier alpha value is -1.28. The Kier molecular flexibility index (Phi) is 3.53. The number of rotatable bonds is 2. The highest BCUT2D eigenvalue weighted by Gasteiger charge is 2.17. The zero-order valence-electron chi connectivity index (χ0n) is 9.49. The van der Waals surface area contributed by atoms with Crippen LogP contribution >= 0.6 is 0 Å². The van der Waals surface area contributed by atoms with E-state index in [1.54, 1.807) is 12.1 Å². The monoisotopic (exact) mass is 206 g/mol. The molecular formula is C13H18O2. The Morgan fingerprint density at radius 3 is 2.47 bits per heavy atom. The quantitative estimate of drug-likeness (QED) is 0.781. The topological polar surface area (TPSA) is 40.5 Å². The van der Waals surface area contributed by atoms with Gasteiger partial charge in [-0.15, -0.1) is 0 Å². The molecule has 0 heterocycles. The van der Waals surface area contributed by atoms with E-state index in [1.807, 2.05) is 18.2 Å². The van der Waals surface area contributed by atoms with Crippen molar-refractivity contribution in [3.05, 3.63) is 35.4 Å². The summed E-state index contributed by atoms with van der Waals surface area (Å²) in [6, 6.07) is 5.47. The van der Waals surface area contributed by atoms with Gasteiger partial charge in [-0.2, -0.15) is 0 Å². The van der Waals surface area contributed by atoms with E-state index in [0.717, 1.165) is 11.1 Å². The average Bonchev–Trinajstić information content (AvgIpc) is 2.15. The molecule has 0 saturated heterocycles. The second kappa shape index (κ2) is 4.49. The Morgan fingerprint density at radius 2 is 1.93 bits per heavy atom.